The molecule has 9 heteroatoms. The minimum Gasteiger partial charge on any atom is -0.488 e. The molecular formula is C25H20BrClN4O2S. The summed E-state index contributed by atoms with van der Waals surface area (Å²) < 4.78 is 13.5. The normalized spacial score (nSPS) is 14.3. The first kappa shape index (κ1) is 23.0. The average Bonchev–Trinajstić information content (AvgIpc) is 3.00. The molecule has 0 bridgehead atoms. The minimum absolute atomic E-state index is 0.397. The topological polar surface area (TPSA) is 69.2 Å². The summed E-state index contributed by atoms with van der Waals surface area (Å²) in [6.07, 6.45) is -0.609. The Hall–Kier alpha value is -2.81. The highest BCUT2D eigenvalue weighted by Gasteiger charge is 2.28. The van der Waals surface area contributed by atoms with Crippen LogP contribution in [0.4, 0.5) is 5.69 Å². The van der Waals surface area contributed by atoms with E-state index in [1.807, 2.05) is 67.6 Å². The summed E-state index contributed by atoms with van der Waals surface area (Å²) in [5, 5.41) is 13.3. The molecule has 0 amide bonds. The van der Waals surface area contributed by atoms with E-state index in [9.17, 15) is 0 Å². The monoisotopic (exact) mass is 554 g/mol. The lowest BCUT2D eigenvalue weighted by Crippen LogP contribution is -2.18. The predicted octanol–water partition coefficient (Wildman–Crippen LogP) is 7.15. The molecule has 0 fully saturated rings. The largest absolute Gasteiger partial charge is 0.488 e. The van der Waals surface area contributed by atoms with Crippen LogP contribution in [0, 0.1) is 0 Å². The Bertz CT molecular complexity index is 1330. The third-order valence-corrected chi connectivity index (χ3v) is 6.60. The molecule has 2 heterocycles. The zero-order valence-corrected chi connectivity index (χ0v) is 21.3. The lowest BCUT2D eigenvalue weighted by atomic mass is 10.1. The number of hydrogen-bond acceptors (Lipinski definition) is 7. The maximum Gasteiger partial charge on any atom is 0.247 e. The lowest BCUT2D eigenvalue weighted by Gasteiger charge is -2.22. The fourth-order valence-corrected chi connectivity index (χ4v) is 4.64. The fourth-order valence-electron chi connectivity index (χ4n) is 3.59. The van der Waals surface area contributed by atoms with Gasteiger partial charge in [-0.15, -0.1) is 10.2 Å². The molecule has 34 heavy (non-hydrogen) atoms. The van der Waals surface area contributed by atoms with Crippen molar-refractivity contribution in [2.75, 3.05) is 11.1 Å². The molecule has 6 nitrogen and oxygen atoms in total. The summed E-state index contributed by atoms with van der Waals surface area (Å²) in [5.74, 6) is 1.89. The number of nitrogens with one attached hydrogen (secondary N) is 1. The van der Waals surface area contributed by atoms with E-state index in [0.29, 0.717) is 34.1 Å². The summed E-state index contributed by atoms with van der Waals surface area (Å²) >= 11 is 11.5. The quantitative estimate of drug-likeness (QED) is 0.253. The number of fused-ring (bicyclic) bond motifs is 3. The van der Waals surface area contributed by atoms with E-state index in [1.165, 1.54) is 11.8 Å². The van der Waals surface area contributed by atoms with Gasteiger partial charge < -0.3 is 14.8 Å². The summed E-state index contributed by atoms with van der Waals surface area (Å²) in [5.41, 5.74) is 4.08. The maximum atomic E-state index is 6.41. The molecule has 0 saturated heterocycles. The van der Waals surface area contributed by atoms with Crippen LogP contribution in [0.25, 0.3) is 11.3 Å². The highest BCUT2D eigenvalue weighted by molar-refractivity contribution is 9.10. The van der Waals surface area contributed by atoms with Crippen molar-refractivity contribution in [2.24, 2.45) is 0 Å². The highest BCUT2D eigenvalue weighted by atomic mass is 79.9. The smallest absolute Gasteiger partial charge is 0.247 e. The molecule has 4 aromatic rings. The number of anilines is 1. The Morgan fingerprint density at radius 3 is 2.76 bits per heavy atom. The molecule has 0 saturated carbocycles. The van der Waals surface area contributed by atoms with E-state index < -0.39 is 6.23 Å². The number of benzene rings is 3. The second-order valence-corrected chi connectivity index (χ2v) is 10.1. The van der Waals surface area contributed by atoms with Gasteiger partial charge in [0.1, 0.15) is 12.4 Å². The fraction of sp³-hybridized carbons (Fsp3) is 0.160. The number of halogens is 2. The minimum atomic E-state index is -0.609. The van der Waals surface area contributed by atoms with Gasteiger partial charge in [0.25, 0.3) is 0 Å². The van der Waals surface area contributed by atoms with Crippen LogP contribution in [0.3, 0.4) is 0 Å². The van der Waals surface area contributed by atoms with E-state index in [2.05, 4.69) is 36.4 Å². The predicted molar refractivity (Wildman–Crippen MR) is 139 cm³/mol. The molecule has 1 N–H and O–H groups in total. The molecule has 5 rings (SSSR count). The number of hydrogen-bond donors (Lipinski definition) is 1. The van der Waals surface area contributed by atoms with E-state index >= 15 is 0 Å². The molecule has 0 spiro atoms. The summed E-state index contributed by atoms with van der Waals surface area (Å²) in [6, 6.07) is 21.4. The van der Waals surface area contributed by atoms with Crippen LogP contribution in [0.1, 0.15) is 24.3 Å². The molecule has 1 aromatic heterocycles. The van der Waals surface area contributed by atoms with E-state index in [4.69, 9.17) is 21.1 Å². The van der Waals surface area contributed by atoms with Crippen molar-refractivity contribution >= 4 is 45.0 Å². The van der Waals surface area contributed by atoms with Crippen molar-refractivity contribution in [1.82, 2.24) is 15.2 Å². The van der Waals surface area contributed by atoms with Crippen molar-refractivity contribution in [2.45, 2.75) is 24.9 Å². The standard InChI is InChI=1S/C25H20BrClN4O2S/c1-2-34-25-29-24-22(30-31-25)18-12-16(26)8-10-20(18)28-23(33-24)19-13-17(27)9-11-21(19)32-14-15-6-4-3-5-7-15/h3-13,23,28H,2,14H2,1H3. The molecule has 0 radical (unpaired) electrons. The summed E-state index contributed by atoms with van der Waals surface area (Å²) in [6.45, 7) is 2.46. The van der Waals surface area contributed by atoms with Gasteiger partial charge in [0, 0.05) is 20.7 Å². The Morgan fingerprint density at radius 1 is 1.09 bits per heavy atom. The van der Waals surface area contributed by atoms with Gasteiger partial charge in [0.15, 0.2) is 5.69 Å². The Kier molecular flexibility index (Phi) is 6.89. The first-order valence-corrected chi connectivity index (χ1v) is 12.8. The van der Waals surface area contributed by atoms with Crippen molar-refractivity contribution in [1.29, 1.82) is 0 Å². The van der Waals surface area contributed by atoms with Gasteiger partial charge >= 0.3 is 0 Å². The number of aromatic nitrogens is 3. The van der Waals surface area contributed by atoms with Crippen molar-refractivity contribution in [3.63, 3.8) is 0 Å². The van der Waals surface area contributed by atoms with Gasteiger partial charge in [-0.1, -0.05) is 76.5 Å². The second kappa shape index (κ2) is 10.2. The molecule has 1 aliphatic heterocycles. The van der Waals surface area contributed by atoms with Crippen LogP contribution in [0.15, 0.2) is 76.4 Å². The number of nitrogens with zero attached hydrogens (tertiary/aromatic N) is 3. The van der Waals surface area contributed by atoms with Gasteiger partial charge in [-0.05, 0) is 47.7 Å². The summed E-state index contributed by atoms with van der Waals surface area (Å²) in [4.78, 5) is 4.65. The molecule has 1 aliphatic rings. The van der Waals surface area contributed by atoms with E-state index in [1.54, 1.807) is 6.07 Å². The lowest BCUT2D eigenvalue weighted by molar-refractivity contribution is 0.214. The van der Waals surface area contributed by atoms with Crippen LogP contribution in [-0.4, -0.2) is 20.9 Å². The maximum absolute atomic E-state index is 6.41. The second-order valence-electron chi connectivity index (χ2n) is 7.47. The van der Waals surface area contributed by atoms with Crippen LogP contribution in [0.2, 0.25) is 5.02 Å². The molecule has 0 aliphatic carbocycles. The average molecular weight is 556 g/mol. The van der Waals surface area contributed by atoms with Crippen molar-refractivity contribution in [3.8, 4) is 22.9 Å². The Balaban J connectivity index is 1.56. The number of rotatable bonds is 6. The van der Waals surface area contributed by atoms with E-state index in [-0.39, 0.29) is 0 Å². The first-order chi connectivity index (χ1) is 16.6. The van der Waals surface area contributed by atoms with Gasteiger partial charge in [-0.3, -0.25) is 0 Å². The third-order valence-electron chi connectivity index (χ3n) is 5.15. The molecule has 1 atom stereocenters. The zero-order chi connectivity index (χ0) is 23.5. The zero-order valence-electron chi connectivity index (χ0n) is 18.2. The SMILES string of the molecule is CCSc1nnc2c(n1)OC(c1cc(Cl)ccc1OCc1ccccc1)Nc1ccc(Br)cc1-2. The van der Waals surface area contributed by atoms with Gasteiger partial charge in [0.2, 0.25) is 17.3 Å². The molecule has 1 unspecified atom stereocenters. The van der Waals surface area contributed by atoms with Gasteiger partial charge in [-0.2, -0.15) is 4.98 Å². The highest BCUT2D eigenvalue weighted by Crippen LogP contribution is 2.42. The Labute approximate surface area is 215 Å². The van der Waals surface area contributed by atoms with Crippen LogP contribution in [-0.2, 0) is 6.61 Å². The van der Waals surface area contributed by atoms with Crippen molar-refractivity contribution in [3.05, 3.63) is 87.4 Å². The molecule has 3 aromatic carbocycles. The third kappa shape index (κ3) is 4.99. The van der Waals surface area contributed by atoms with Crippen LogP contribution >= 0.6 is 39.3 Å². The van der Waals surface area contributed by atoms with Crippen LogP contribution < -0.4 is 14.8 Å². The molecule has 172 valence electrons. The van der Waals surface area contributed by atoms with E-state index in [0.717, 1.165) is 32.6 Å². The van der Waals surface area contributed by atoms with Crippen molar-refractivity contribution < 1.29 is 9.47 Å². The summed E-state index contributed by atoms with van der Waals surface area (Å²) in [7, 11) is 0. The van der Waals surface area contributed by atoms with Gasteiger partial charge in [-0.25, -0.2) is 0 Å². The number of thioether (sulfide) groups is 1. The molecular weight excluding hydrogens is 536 g/mol. The Morgan fingerprint density at radius 2 is 1.94 bits per heavy atom. The van der Waals surface area contributed by atoms with Gasteiger partial charge in [0.05, 0.1) is 5.56 Å². The first-order valence-electron chi connectivity index (χ1n) is 10.7. The number of ether oxygens (including phenoxy) is 2. The van der Waals surface area contributed by atoms with Crippen LogP contribution in [0.5, 0.6) is 11.6 Å².